The number of sulfonamides is 1. The monoisotopic (exact) mass is 572 g/mol. The summed E-state index contributed by atoms with van der Waals surface area (Å²) in [6, 6.07) is 6.77. The molecule has 1 unspecified atom stereocenters. The molecule has 2 aromatic rings. The molecule has 0 bridgehead atoms. The van der Waals surface area contributed by atoms with E-state index in [0.717, 1.165) is 12.5 Å². The Bertz CT molecular complexity index is 1260. The van der Waals surface area contributed by atoms with E-state index in [4.69, 9.17) is 17.3 Å². The average Bonchev–Trinajstić information content (AvgIpc) is 3.32. The molecule has 12 heteroatoms. The Balaban J connectivity index is 1.84. The van der Waals surface area contributed by atoms with E-state index in [1.54, 1.807) is 18.2 Å². The van der Waals surface area contributed by atoms with Gasteiger partial charge in [-0.15, -0.1) is 0 Å². The zero-order valence-corrected chi connectivity index (χ0v) is 22.5. The minimum absolute atomic E-state index is 0.00146. The van der Waals surface area contributed by atoms with Crippen LogP contribution in [0.1, 0.15) is 50.3 Å². The minimum atomic E-state index is -4.74. The molecule has 0 aliphatic carbocycles. The van der Waals surface area contributed by atoms with Crippen LogP contribution >= 0.6 is 11.6 Å². The third-order valence-electron chi connectivity index (χ3n) is 6.25. The number of Topliss-reactive ketones (excluding diaryl/α,β-unsaturated/α-hetero) is 1. The van der Waals surface area contributed by atoms with Crippen LogP contribution in [0, 0.1) is 12.3 Å². The fourth-order valence-corrected chi connectivity index (χ4v) is 5.84. The van der Waals surface area contributed by atoms with E-state index < -0.39 is 46.0 Å². The molecule has 1 aliphatic heterocycles. The number of nitrogens with zero attached hydrogens (tertiary/aromatic N) is 1. The number of alkyl halides is 3. The molecule has 1 fully saturated rings. The summed E-state index contributed by atoms with van der Waals surface area (Å²) in [5, 5.41) is 0.119. The van der Waals surface area contributed by atoms with Gasteiger partial charge in [0.1, 0.15) is 12.1 Å². The van der Waals surface area contributed by atoms with Gasteiger partial charge < -0.3 is 10.6 Å². The van der Waals surface area contributed by atoms with Crippen LogP contribution in [0.5, 0.6) is 0 Å². The van der Waals surface area contributed by atoms with Gasteiger partial charge in [-0.05, 0) is 60.6 Å². The number of carbonyl (C=O) groups excluding carboxylic acids is 2. The Morgan fingerprint density at radius 2 is 1.84 bits per heavy atom. The van der Waals surface area contributed by atoms with Gasteiger partial charge in [-0.2, -0.15) is 17.9 Å². The predicted molar refractivity (Wildman–Crippen MR) is 138 cm³/mol. The maximum Gasteiger partial charge on any atom is 0.407 e. The lowest BCUT2D eigenvalue weighted by Gasteiger charge is -2.29. The first-order chi connectivity index (χ1) is 17.7. The number of nitrogens with two attached hydrogens (primary N) is 1. The molecule has 38 heavy (non-hydrogen) atoms. The fraction of sp³-hybridized carbons (Fsp3) is 0.423. The molecule has 2 aromatic carbocycles. The fourth-order valence-electron chi connectivity index (χ4n) is 4.43. The SMILES string of the molecule is CC(C)C[C@@H](NS(=O)(=O)c1ccccc1)C(=O)N1CCC[C@H]1C(=O)[CH]c1cc(Cl)ccc1C(N)C(F)(F)F. The third kappa shape index (κ3) is 7.34. The standard InChI is InChI=1S/C26H30ClF3N3O4S/c1-16(2)13-21(32-38(36,37)19-7-4-3-5-8-19)25(35)33-12-6-9-22(33)23(34)15-17-14-18(27)10-11-20(17)24(31)26(28,29)30/h3-5,7-8,10-11,14-16,21-22,24,32H,6,9,12-13,31H2,1-2H3/t21-,22+,24?/m1/s1. The highest BCUT2D eigenvalue weighted by Gasteiger charge is 2.41. The Morgan fingerprint density at radius 3 is 2.45 bits per heavy atom. The molecule has 3 N–H and O–H groups in total. The van der Waals surface area contributed by atoms with Crippen LogP contribution in [0.2, 0.25) is 5.02 Å². The average molecular weight is 573 g/mol. The van der Waals surface area contributed by atoms with Crippen molar-refractivity contribution in [1.82, 2.24) is 9.62 Å². The smallest absolute Gasteiger partial charge is 0.331 e. The van der Waals surface area contributed by atoms with Crippen LogP contribution in [0.3, 0.4) is 0 Å². The highest BCUT2D eigenvalue weighted by atomic mass is 35.5. The number of likely N-dealkylation sites (tertiary alicyclic amines) is 1. The lowest BCUT2D eigenvalue weighted by molar-refractivity contribution is -0.149. The van der Waals surface area contributed by atoms with Gasteiger partial charge in [0.25, 0.3) is 0 Å². The highest BCUT2D eigenvalue weighted by molar-refractivity contribution is 7.89. The number of ketones is 1. The lowest BCUT2D eigenvalue weighted by atomic mass is 9.94. The van der Waals surface area contributed by atoms with Crippen molar-refractivity contribution in [2.45, 2.75) is 62.3 Å². The van der Waals surface area contributed by atoms with E-state index >= 15 is 0 Å². The van der Waals surface area contributed by atoms with E-state index in [0.29, 0.717) is 6.42 Å². The van der Waals surface area contributed by atoms with Gasteiger partial charge in [-0.25, -0.2) is 8.42 Å². The number of carbonyl (C=O) groups is 2. The summed E-state index contributed by atoms with van der Waals surface area (Å²) in [7, 11) is -4.03. The number of amides is 1. The Morgan fingerprint density at radius 1 is 1.18 bits per heavy atom. The first-order valence-corrected chi connectivity index (χ1v) is 13.9. The molecule has 1 heterocycles. The van der Waals surface area contributed by atoms with E-state index in [1.807, 2.05) is 13.8 Å². The van der Waals surface area contributed by atoms with E-state index in [1.165, 1.54) is 29.2 Å². The Kier molecular flexibility index (Phi) is 9.62. The summed E-state index contributed by atoms with van der Waals surface area (Å²) in [4.78, 5) is 28.1. The molecule has 0 aromatic heterocycles. The number of benzene rings is 2. The van der Waals surface area contributed by atoms with Crippen molar-refractivity contribution < 1.29 is 31.2 Å². The maximum atomic E-state index is 13.6. The maximum absolute atomic E-state index is 13.6. The van der Waals surface area contributed by atoms with Crippen molar-refractivity contribution >= 4 is 33.3 Å². The summed E-state index contributed by atoms with van der Waals surface area (Å²) < 4.78 is 68.3. The van der Waals surface area contributed by atoms with Crippen LogP contribution in [-0.4, -0.2) is 49.8 Å². The van der Waals surface area contributed by atoms with Crippen molar-refractivity contribution in [1.29, 1.82) is 0 Å². The first-order valence-electron chi connectivity index (χ1n) is 12.1. The van der Waals surface area contributed by atoms with E-state index in [9.17, 15) is 31.2 Å². The summed E-state index contributed by atoms with van der Waals surface area (Å²) in [6.07, 6.45) is -2.78. The van der Waals surface area contributed by atoms with Crippen molar-refractivity contribution in [3.8, 4) is 0 Å². The predicted octanol–water partition coefficient (Wildman–Crippen LogP) is 4.41. The van der Waals surface area contributed by atoms with Crippen LogP contribution in [0.25, 0.3) is 0 Å². The van der Waals surface area contributed by atoms with Crippen LogP contribution in [0.4, 0.5) is 13.2 Å². The number of hydrogen-bond donors (Lipinski definition) is 2. The minimum Gasteiger partial charge on any atom is -0.331 e. The molecular weight excluding hydrogens is 543 g/mol. The molecule has 1 aliphatic rings. The van der Waals surface area contributed by atoms with Gasteiger partial charge in [0.15, 0.2) is 5.78 Å². The molecule has 3 rings (SSSR count). The van der Waals surface area contributed by atoms with Gasteiger partial charge in [-0.3, -0.25) is 9.59 Å². The Hall–Kier alpha value is -2.47. The van der Waals surface area contributed by atoms with Crippen LogP contribution in [0.15, 0.2) is 53.4 Å². The zero-order chi connectivity index (χ0) is 28.3. The summed E-state index contributed by atoms with van der Waals surface area (Å²) in [6.45, 7) is 3.87. The quantitative estimate of drug-likeness (QED) is 0.438. The molecule has 1 saturated heterocycles. The molecular formula is C26H30ClF3N3O4S. The molecule has 7 nitrogen and oxygen atoms in total. The molecule has 1 amide bonds. The van der Waals surface area contributed by atoms with Crippen molar-refractivity contribution in [2.24, 2.45) is 11.7 Å². The first kappa shape index (κ1) is 30.1. The summed E-state index contributed by atoms with van der Waals surface area (Å²) in [5.74, 6) is -1.22. The van der Waals surface area contributed by atoms with Gasteiger partial charge >= 0.3 is 6.18 Å². The second-order valence-electron chi connectivity index (χ2n) is 9.65. The van der Waals surface area contributed by atoms with Crippen molar-refractivity contribution in [2.75, 3.05) is 6.54 Å². The summed E-state index contributed by atoms with van der Waals surface area (Å²) >= 11 is 5.98. The normalized spacial score (nSPS) is 18.0. The second kappa shape index (κ2) is 12.1. The molecule has 207 valence electrons. The molecule has 0 spiro atoms. The number of halogens is 4. The molecule has 0 saturated carbocycles. The molecule has 1 radical (unpaired) electrons. The van der Waals surface area contributed by atoms with Gasteiger partial charge in [0, 0.05) is 11.6 Å². The van der Waals surface area contributed by atoms with Gasteiger partial charge in [0.2, 0.25) is 15.9 Å². The van der Waals surface area contributed by atoms with E-state index in [2.05, 4.69) is 4.72 Å². The number of rotatable bonds is 10. The topological polar surface area (TPSA) is 110 Å². The van der Waals surface area contributed by atoms with Crippen LogP contribution in [-0.2, 0) is 19.6 Å². The van der Waals surface area contributed by atoms with Gasteiger partial charge in [0.05, 0.1) is 17.4 Å². The number of hydrogen-bond acceptors (Lipinski definition) is 5. The van der Waals surface area contributed by atoms with Crippen molar-refractivity contribution in [3.63, 3.8) is 0 Å². The lowest BCUT2D eigenvalue weighted by Crippen LogP contribution is -2.52. The second-order valence-corrected chi connectivity index (χ2v) is 11.8. The highest BCUT2D eigenvalue weighted by Crippen LogP contribution is 2.34. The summed E-state index contributed by atoms with van der Waals surface area (Å²) in [5.41, 5.74) is 4.98. The largest absolute Gasteiger partial charge is 0.407 e. The zero-order valence-electron chi connectivity index (χ0n) is 20.9. The number of nitrogens with one attached hydrogen (secondary N) is 1. The van der Waals surface area contributed by atoms with E-state index in [-0.39, 0.29) is 46.3 Å². The molecule has 3 atom stereocenters. The third-order valence-corrected chi connectivity index (χ3v) is 7.98. The van der Waals surface area contributed by atoms with Crippen LogP contribution < -0.4 is 10.5 Å². The van der Waals surface area contributed by atoms with Crippen molar-refractivity contribution in [3.05, 3.63) is 71.1 Å². The van der Waals surface area contributed by atoms with Gasteiger partial charge in [-0.1, -0.05) is 49.7 Å². The Labute approximate surface area is 225 Å².